The second-order valence-corrected chi connectivity index (χ2v) is 3.40. The number of esters is 1. The molecule has 0 bridgehead atoms. The second kappa shape index (κ2) is 4.65. The third-order valence-corrected chi connectivity index (χ3v) is 2.34. The van der Waals surface area contributed by atoms with Gasteiger partial charge < -0.3 is 10.1 Å². The first kappa shape index (κ1) is 11.1. The Kier molecular flexibility index (Phi) is 3.04. The summed E-state index contributed by atoms with van der Waals surface area (Å²) in [5.74, 6) is -0.833. The van der Waals surface area contributed by atoms with Crippen LogP contribution in [0.15, 0.2) is 24.4 Å². The van der Waals surface area contributed by atoms with E-state index in [0.717, 1.165) is 5.39 Å². The highest BCUT2D eigenvalue weighted by atomic mass is 16.5. The largest absolute Gasteiger partial charge is 0.468 e. The Morgan fingerprint density at radius 1 is 1.47 bits per heavy atom. The fourth-order valence-electron chi connectivity index (χ4n) is 1.48. The number of benzene rings is 1. The number of H-pyrrole nitrogens is 1. The van der Waals surface area contributed by atoms with Crippen LogP contribution < -0.4 is 5.32 Å². The van der Waals surface area contributed by atoms with E-state index in [1.807, 2.05) is 6.07 Å². The van der Waals surface area contributed by atoms with Gasteiger partial charge in [-0.05, 0) is 6.07 Å². The van der Waals surface area contributed by atoms with Crippen molar-refractivity contribution in [1.82, 2.24) is 15.5 Å². The Balaban J connectivity index is 2.19. The first-order valence-corrected chi connectivity index (χ1v) is 4.99. The predicted octanol–water partition coefficient (Wildman–Crippen LogP) is 0.466. The topological polar surface area (TPSA) is 84.1 Å². The van der Waals surface area contributed by atoms with Crippen molar-refractivity contribution in [1.29, 1.82) is 0 Å². The van der Waals surface area contributed by atoms with Gasteiger partial charge in [-0.25, -0.2) is 0 Å². The number of para-hydroxylation sites is 1. The van der Waals surface area contributed by atoms with Crippen molar-refractivity contribution in [3.8, 4) is 0 Å². The summed E-state index contributed by atoms with van der Waals surface area (Å²) >= 11 is 0. The Bertz CT molecular complexity index is 562. The van der Waals surface area contributed by atoms with Gasteiger partial charge in [0.15, 0.2) is 0 Å². The van der Waals surface area contributed by atoms with E-state index in [-0.39, 0.29) is 12.5 Å². The molecular formula is C11H11N3O3. The van der Waals surface area contributed by atoms with Crippen LogP contribution in [0.5, 0.6) is 0 Å². The lowest BCUT2D eigenvalue weighted by Crippen LogP contribution is -2.30. The van der Waals surface area contributed by atoms with E-state index < -0.39 is 5.97 Å². The molecule has 1 amide bonds. The van der Waals surface area contributed by atoms with Crippen molar-refractivity contribution in [2.24, 2.45) is 0 Å². The SMILES string of the molecule is COC(=O)CNC(=O)c1cccc2cn[nH]c12. The molecule has 2 aromatic rings. The summed E-state index contributed by atoms with van der Waals surface area (Å²) in [6.45, 7) is -0.153. The van der Waals surface area contributed by atoms with Crippen LogP contribution in [0.2, 0.25) is 0 Å². The molecule has 6 heteroatoms. The zero-order chi connectivity index (χ0) is 12.3. The van der Waals surface area contributed by atoms with Crippen LogP contribution in [0.3, 0.4) is 0 Å². The molecule has 0 fully saturated rings. The highest BCUT2D eigenvalue weighted by molar-refractivity contribution is 6.06. The maximum absolute atomic E-state index is 11.8. The summed E-state index contributed by atoms with van der Waals surface area (Å²) in [5.41, 5.74) is 1.10. The molecule has 88 valence electrons. The first-order chi connectivity index (χ1) is 8.22. The summed E-state index contributed by atoms with van der Waals surface area (Å²) in [5, 5.41) is 9.92. The molecule has 0 aliphatic carbocycles. The summed E-state index contributed by atoms with van der Waals surface area (Å²) in [4.78, 5) is 22.7. The number of nitrogens with zero attached hydrogens (tertiary/aromatic N) is 1. The van der Waals surface area contributed by atoms with Crippen LogP contribution >= 0.6 is 0 Å². The number of ether oxygens (including phenoxy) is 1. The molecule has 0 saturated carbocycles. The number of carbonyl (C=O) groups is 2. The van der Waals surface area contributed by atoms with Crippen LogP contribution in [0, 0.1) is 0 Å². The highest BCUT2D eigenvalue weighted by Crippen LogP contribution is 2.15. The van der Waals surface area contributed by atoms with E-state index in [0.29, 0.717) is 11.1 Å². The number of aromatic nitrogens is 2. The van der Waals surface area contributed by atoms with Gasteiger partial charge in [0.25, 0.3) is 5.91 Å². The van der Waals surface area contributed by atoms with Crippen molar-refractivity contribution in [3.63, 3.8) is 0 Å². The molecule has 2 N–H and O–H groups in total. The molecule has 0 aliphatic rings. The molecule has 2 rings (SSSR count). The van der Waals surface area contributed by atoms with Gasteiger partial charge in [-0.15, -0.1) is 0 Å². The molecule has 1 aromatic heterocycles. The maximum Gasteiger partial charge on any atom is 0.325 e. The number of aromatic amines is 1. The lowest BCUT2D eigenvalue weighted by molar-refractivity contribution is -0.139. The second-order valence-electron chi connectivity index (χ2n) is 3.40. The molecule has 0 atom stereocenters. The van der Waals surface area contributed by atoms with E-state index in [9.17, 15) is 9.59 Å². The average molecular weight is 233 g/mol. The Hall–Kier alpha value is -2.37. The normalized spacial score (nSPS) is 10.2. The van der Waals surface area contributed by atoms with Crippen molar-refractivity contribution >= 4 is 22.8 Å². The molecule has 1 heterocycles. The van der Waals surface area contributed by atoms with Gasteiger partial charge in [0.05, 0.1) is 24.4 Å². The van der Waals surface area contributed by atoms with Gasteiger partial charge in [-0.1, -0.05) is 12.1 Å². The monoisotopic (exact) mass is 233 g/mol. The smallest absolute Gasteiger partial charge is 0.325 e. The molecule has 0 radical (unpaired) electrons. The third-order valence-electron chi connectivity index (χ3n) is 2.34. The van der Waals surface area contributed by atoms with Crippen LogP contribution in [0.4, 0.5) is 0 Å². The number of rotatable bonds is 3. The molecule has 6 nitrogen and oxygen atoms in total. The minimum atomic E-state index is -0.491. The van der Waals surface area contributed by atoms with Crippen molar-refractivity contribution < 1.29 is 14.3 Å². The molecule has 0 spiro atoms. The summed E-state index contributed by atoms with van der Waals surface area (Å²) < 4.78 is 4.44. The van der Waals surface area contributed by atoms with Crippen LogP contribution in [0.1, 0.15) is 10.4 Å². The van der Waals surface area contributed by atoms with Crippen molar-refractivity contribution in [3.05, 3.63) is 30.0 Å². The molecule has 1 aromatic carbocycles. The van der Waals surface area contributed by atoms with Crippen LogP contribution in [0.25, 0.3) is 10.9 Å². The minimum Gasteiger partial charge on any atom is -0.468 e. The van der Waals surface area contributed by atoms with E-state index in [1.54, 1.807) is 18.3 Å². The number of carbonyl (C=O) groups excluding carboxylic acids is 2. The predicted molar refractivity (Wildman–Crippen MR) is 60.4 cm³/mol. The highest BCUT2D eigenvalue weighted by Gasteiger charge is 2.12. The zero-order valence-electron chi connectivity index (χ0n) is 9.19. The van der Waals surface area contributed by atoms with Gasteiger partial charge >= 0.3 is 5.97 Å². The van der Waals surface area contributed by atoms with Gasteiger partial charge in [0, 0.05) is 5.39 Å². The van der Waals surface area contributed by atoms with Crippen molar-refractivity contribution in [2.45, 2.75) is 0 Å². The van der Waals surface area contributed by atoms with E-state index in [1.165, 1.54) is 7.11 Å². The number of hydrogen-bond donors (Lipinski definition) is 2. The van der Waals surface area contributed by atoms with Gasteiger partial charge in [-0.3, -0.25) is 14.7 Å². The standard InChI is InChI=1S/C11H11N3O3/c1-17-9(15)6-12-11(16)8-4-2-3-7-5-13-14-10(7)8/h2-5H,6H2,1H3,(H,12,16)(H,13,14). The van der Waals surface area contributed by atoms with Crippen LogP contribution in [-0.2, 0) is 9.53 Å². The van der Waals surface area contributed by atoms with Crippen LogP contribution in [-0.4, -0.2) is 35.7 Å². The van der Waals surface area contributed by atoms with Gasteiger partial charge in [-0.2, -0.15) is 5.10 Å². The molecule has 17 heavy (non-hydrogen) atoms. The first-order valence-electron chi connectivity index (χ1n) is 4.99. The minimum absolute atomic E-state index is 0.153. The van der Waals surface area contributed by atoms with Crippen molar-refractivity contribution in [2.75, 3.05) is 13.7 Å². The lowest BCUT2D eigenvalue weighted by atomic mass is 10.1. The Morgan fingerprint density at radius 3 is 3.06 bits per heavy atom. The summed E-state index contributed by atoms with van der Waals surface area (Å²) in [6.07, 6.45) is 1.63. The van der Waals surface area contributed by atoms with Gasteiger partial charge in [0.1, 0.15) is 6.54 Å². The lowest BCUT2D eigenvalue weighted by Gasteiger charge is -2.04. The number of methoxy groups -OCH3 is 1. The molecular weight excluding hydrogens is 222 g/mol. The summed E-state index contributed by atoms with van der Waals surface area (Å²) in [6, 6.07) is 5.26. The van der Waals surface area contributed by atoms with E-state index >= 15 is 0 Å². The molecule has 0 aliphatic heterocycles. The maximum atomic E-state index is 11.8. The van der Waals surface area contributed by atoms with E-state index in [4.69, 9.17) is 0 Å². The van der Waals surface area contributed by atoms with Gasteiger partial charge in [0.2, 0.25) is 0 Å². The summed E-state index contributed by atoms with van der Waals surface area (Å²) in [7, 11) is 1.27. The fraction of sp³-hybridized carbons (Fsp3) is 0.182. The molecule has 0 saturated heterocycles. The fourth-order valence-corrected chi connectivity index (χ4v) is 1.48. The number of amides is 1. The number of fused-ring (bicyclic) bond motifs is 1. The zero-order valence-corrected chi connectivity index (χ0v) is 9.19. The van der Waals surface area contributed by atoms with E-state index in [2.05, 4.69) is 20.3 Å². The third kappa shape index (κ3) is 2.25. The quantitative estimate of drug-likeness (QED) is 0.754. The Morgan fingerprint density at radius 2 is 2.29 bits per heavy atom. The average Bonchev–Trinajstić information content (AvgIpc) is 2.83. The number of hydrogen-bond acceptors (Lipinski definition) is 4. The number of nitrogens with one attached hydrogen (secondary N) is 2. The molecule has 0 unspecified atom stereocenters. The Labute approximate surface area is 97.0 Å².